The highest BCUT2D eigenvalue weighted by Gasteiger charge is 2.22. The van der Waals surface area contributed by atoms with Crippen LogP contribution in [0.5, 0.6) is 0 Å². The highest BCUT2D eigenvalue weighted by molar-refractivity contribution is 9.10. The van der Waals surface area contributed by atoms with Gasteiger partial charge in [0.2, 0.25) is 5.91 Å². The molecule has 3 heteroatoms. The molecule has 0 heterocycles. The lowest BCUT2D eigenvalue weighted by molar-refractivity contribution is -0.121. The highest BCUT2D eigenvalue weighted by atomic mass is 79.9. The lowest BCUT2D eigenvalue weighted by atomic mass is 9.93. The first-order chi connectivity index (χ1) is 7.65. The first-order valence-electron chi connectivity index (χ1n) is 6.59. The van der Waals surface area contributed by atoms with Crippen LogP contribution in [0.3, 0.4) is 0 Å². The van der Waals surface area contributed by atoms with E-state index < -0.39 is 0 Å². The fraction of sp³-hybridized carbons (Fsp3) is 0.923. The standard InChI is InChI=1S/C13H24BrNO/c1-3-12(14)13(16)15-10(2)11-8-6-4-5-7-9-11/h10-12H,3-9H2,1-2H3,(H,15,16)/t10-,12?/m0/s1. The normalized spacial score (nSPS) is 22.2. The van der Waals surface area contributed by atoms with E-state index in [1.165, 1.54) is 38.5 Å². The fourth-order valence-corrected chi connectivity index (χ4v) is 2.56. The zero-order valence-electron chi connectivity index (χ0n) is 10.5. The van der Waals surface area contributed by atoms with Gasteiger partial charge in [0.05, 0.1) is 4.83 Å². The number of carbonyl (C=O) groups excluding carboxylic acids is 1. The topological polar surface area (TPSA) is 29.1 Å². The number of hydrogen-bond acceptors (Lipinski definition) is 1. The first kappa shape index (κ1) is 14.0. The Morgan fingerprint density at radius 2 is 1.88 bits per heavy atom. The third-order valence-electron chi connectivity index (χ3n) is 3.62. The summed E-state index contributed by atoms with van der Waals surface area (Å²) in [6, 6.07) is 0.331. The summed E-state index contributed by atoms with van der Waals surface area (Å²) < 4.78 is 0. The minimum Gasteiger partial charge on any atom is -0.352 e. The molecule has 0 bridgehead atoms. The number of hydrogen-bond donors (Lipinski definition) is 1. The Morgan fingerprint density at radius 3 is 2.38 bits per heavy atom. The van der Waals surface area contributed by atoms with Gasteiger partial charge in [-0.3, -0.25) is 4.79 Å². The van der Waals surface area contributed by atoms with Crippen LogP contribution < -0.4 is 5.32 Å². The molecule has 0 saturated heterocycles. The molecular formula is C13H24BrNO. The van der Waals surface area contributed by atoms with Gasteiger partial charge in [0, 0.05) is 6.04 Å². The second-order valence-corrected chi connectivity index (χ2v) is 6.03. The van der Waals surface area contributed by atoms with Gasteiger partial charge < -0.3 is 5.32 Å². The van der Waals surface area contributed by atoms with E-state index in [-0.39, 0.29) is 10.7 Å². The van der Waals surface area contributed by atoms with E-state index in [2.05, 4.69) is 28.2 Å². The van der Waals surface area contributed by atoms with Crippen LogP contribution in [-0.2, 0) is 4.79 Å². The van der Waals surface area contributed by atoms with E-state index in [9.17, 15) is 4.79 Å². The Bertz CT molecular complexity index is 212. The van der Waals surface area contributed by atoms with E-state index in [1.807, 2.05) is 6.92 Å². The Kier molecular flexibility index (Phi) is 6.40. The number of halogens is 1. The second-order valence-electron chi connectivity index (χ2n) is 4.92. The molecule has 1 amide bonds. The summed E-state index contributed by atoms with van der Waals surface area (Å²) in [5.41, 5.74) is 0. The lowest BCUT2D eigenvalue weighted by Gasteiger charge is -2.24. The molecule has 1 aliphatic carbocycles. The van der Waals surface area contributed by atoms with Crippen molar-refractivity contribution >= 4 is 21.8 Å². The molecular weight excluding hydrogens is 266 g/mol. The monoisotopic (exact) mass is 289 g/mol. The number of nitrogens with one attached hydrogen (secondary N) is 1. The SMILES string of the molecule is CCC(Br)C(=O)N[C@@H](C)C1CCCCCC1. The fourth-order valence-electron chi connectivity index (χ4n) is 2.43. The molecule has 1 N–H and O–H groups in total. The van der Waals surface area contributed by atoms with Crippen molar-refractivity contribution in [1.82, 2.24) is 5.32 Å². The van der Waals surface area contributed by atoms with E-state index in [4.69, 9.17) is 0 Å². The van der Waals surface area contributed by atoms with Crippen molar-refractivity contribution in [1.29, 1.82) is 0 Å². The molecule has 0 aromatic rings. The molecule has 0 aliphatic heterocycles. The Morgan fingerprint density at radius 1 is 1.31 bits per heavy atom. The van der Waals surface area contributed by atoms with E-state index in [0.29, 0.717) is 12.0 Å². The maximum Gasteiger partial charge on any atom is 0.233 e. The molecule has 1 saturated carbocycles. The third kappa shape index (κ3) is 4.44. The van der Waals surface area contributed by atoms with Crippen LogP contribution in [0.15, 0.2) is 0 Å². The van der Waals surface area contributed by atoms with E-state index in [0.717, 1.165) is 6.42 Å². The molecule has 2 nitrogen and oxygen atoms in total. The van der Waals surface area contributed by atoms with Crippen LogP contribution in [0.25, 0.3) is 0 Å². The van der Waals surface area contributed by atoms with Crippen molar-refractivity contribution < 1.29 is 4.79 Å². The minimum atomic E-state index is -0.0271. The number of amides is 1. The number of carbonyl (C=O) groups is 1. The Hall–Kier alpha value is -0.0500. The summed E-state index contributed by atoms with van der Waals surface area (Å²) in [5.74, 6) is 0.835. The summed E-state index contributed by atoms with van der Waals surface area (Å²) in [4.78, 5) is 11.7. The summed E-state index contributed by atoms with van der Waals surface area (Å²) in [6.07, 6.45) is 8.80. The summed E-state index contributed by atoms with van der Waals surface area (Å²) in [5, 5.41) is 3.14. The predicted molar refractivity (Wildman–Crippen MR) is 71.8 cm³/mol. The molecule has 2 atom stereocenters. The van der Waals surface area contributed by atoms with Crippen LogP contribution >= 0.6 is 15.9 Å². The summed E-state index contributed by atoms with van der Waals surface area (Å²) in [6.45, 7) is 4.18. The van der Waals surface area contributed by atoms with E-state index >= 15 is 0 Å². The number of rotatable bonds is 4. The van der Waals surface area contributed by atoms with Gasteiger partial charge in [-0.2, -0.15) is 0 Å². The van der Waals surface area contributed by atoms with Crippen molar-refractivity contribution in [3.05, 3.63) is 0 Å². The van der Waals surface area contributed by atoms with Gasteiger partial charge in [-0.15, -0.1) is 0 Å². The van der Waals surface area contributed by atoms with Gasteiger partial charge in [0.25, 0.3) is 0 Å². The molecule has 0 radical (unpaired) electrons. The van der Waals surface area contributed by atoms with Crippen molar-refractivity contribution in [2.24, 2.45) is 5.92 Å². The van der Waals surface area contributed by atoms with Crippen LogP contribution in [0.2, 0.25) is 0 Å². The van der Waals surface area contributed by atoms with Crippen LogP contribution in [-0.4, -0.2) is 16.8 Å². The molecule has 0 aromatic carbocycles. The molecule has 0 aromatic heterocycles. The van der Waals surface area contributed by atoms with Gasteiger partial charge in [-0.25, -0.2) is 0 Å². The quantitative estimate of drug-likeness (QED) is 0.621. The smallest absolute Gasteiger partial charge is 0.233 e. The second kappa shape index (κ2) is 7.31. The van der Waals surface area contributed by atoms with Crippen molar-refractivity contribution in [3.63, 3.8) is 0 Å². The van der Waals surface area contributed by atoms with Gasteiger partial charge in [0.1, 0.15) is 0 Å². The van der Waals surface area contributed by atoms with Gasteiger partial charge in [0.15, 0.2) is 0 Å². The summed E-state index contributed by atoms with van der Waals surface area (Å²) in [7, 11) is 0. The van der Waals surface area contributed by atoms with Crippen LogP contribution in [0, 0.1) is 5.92 Å². The molecule has 0 spiro atoms. The molecule has 16 heavy (non-hydrogen) atoms. The molecule has 1 rings (SSSR count). The predicted octanol–water partition coefficient (Wildman–Crippen LogP) is 3.64. The van der Waals surface area contributed by atoms with Gasteiger partial charge in [-0.1, -0.05) is 48.5 Å². The highest BCUT2D eigenvalue weighted by Crippen LogP contribution is 2.25. The largest absolute Gasteiger partial charge is 0.352 e. The Labute approximate surface area is 108 Å². The average molecular weight is 290 g/mol. The minimum absolute atomic E-state index is 0.0271. The van der Waals surface area contributed by atoms with Crippen molar-refractivity contribution in [2.45, 2.75) is 69.7 Å². The van der Waals surface area contributed by atoms with Crippen LogP contribution in [0.1, 0.15) is 58.8 Å². The number of alkyl halides is 1. The maximum atomic E-state index is 11.8. The molecule has 1 unspecified atom stereocenters. The lowest BCUT2D eigenvalue weighted by Crippen LogP contribution is -2.41. The molecule has 1 fully saturated rings. The molecule has 94 valence electrons. The van der Waals surface area contributed by atoms with Crippen molar-refractivity contribution in [2.75, 3.05) is 0 Å². The maximum absolute atomic E-state index is 11.8. The molecule has 1 aliphatic rings. The third-order valence-corrected chi connectivity index (χ3v) is 4.68. The van der Waals surface area contributed by atoms with Gasteiger partial charge in [-0.05, 0) is 32.1 Å². The zero-order valence-corrected chi connectivity index (χ0v) is 12.1. The van der Waals surface area contributed by atoms with Crippen LogP contribution in [0.4, 0.5) is 0 Å². The van der Waals surface area contributed by atoms with Gasteiger partial charge >= 0.3 is 0 Å². The zero-order chi connectivity index (χ0) is 12.0. The first-order valence-corrected chi connectivity index (χ1v) is 7.51. The average Bonchev–Trinajstić information content (AvgIpc) is 2.56. The summed E-state index contributed by atoms with van der Waals surface area (Å²) >= 11 is 3.40. The Balaban J connectivity index is 2.37. The van der Waals surface area contributed by atoms with Crippen molar-refractivity contribution in [3.8, 4) is 0 Å². The van der Waals surface area contributed by atoms with E-state index in [1.54, 1.807) is 0 Å².